The van der Waals surface area contributed by atoms with Gasteiger partial charge in [0.05, 0.1) is 38.0 Å². The van der Waals surface area contributed by atoms with E-state index in [2.05, 4.69) is 51.5 Å². The summed E-state index contributed by atoms with van der Waals surface area (Å²) in [5, 5.41) is 50.3. The van der Waals surface area contributed by atoms with Crippen LogP contribution in [0.2, 0.25) is 0 Å². The third kappa shape index (κ3) is 14.1. The van der Waals surface area contributed by atoms with Crippen LogP contribution in [0.25, 0.3) is 32.8 Å². The Kier molecular flexibility index (Phi) is 20.8. The number of benzene rings is 6. The molecule has 0 saturated carbocycles. The van der Waals surface area contributed by atoms with Gasteiger partial charge in [0.2, 0.25) is 5.13 Å². The van der Waals surface area contributed by atoms with Crippen molar-refractivity contribution in [2.24, 2.45) is 20.5 Å². The van der Waals surface area contributed by atoms with E-state index in [0.29, 0.717) is 23.3 Å². The van der Waals surface area contributed by atoms with E-state index in [0.717, 1.165) is 52.4 Å². The molecule has 0 aliphatic carbocycles. The van der Waals surface area contributed by atoms with Gasteiger partial charge in [0.15, 0.2) is 16.6 Å². The van der Waals surface area contributed by atoms with Crippen molar-refractivity contribution in [1.29, 1.82) is 5.26 Å². The fourth-order valence-electron chi connectivity index (χ4n) is 6.61. The molecule has 2 heterocycles. The maximum Gasteiger partial charge on any atom is 1.00 e. The van der Waals surface area contributed by atoms with Crippen LogP contribution in [-0.4, -0.2) is 48.9 Å². The molecule has 8 rings (SSSR count). The summed E-state index contributed by atoms with van der Waals surface area (Å²) in [6, 6.07) is 31.6. The number of thiazole rings is 1. The van der Waals surface area contributed by atoms with Crippen molar-refractivity contribution in [3.63, 3.8) is 0 Å². The molecule has 344 valence electrons. The first-order valence-electron chi connectivity index (χ1n) is 19.0. The Labute approximate surface area is 467 Å². The van der Waals surface area contributed by atoms with Crippen molar-refractivity contribution in [2.75, 3.05) is 10.6 Å². The molecule has 0 amide bonds. The van der Waals surface area contributed by atoms with E-state index in [1.165, 1.54) is 48.5 Å². The van der Waals surface area contributed by atoms with E-state index < -0.39 is 45.0 Å². The number of azo groups is 2. The Hall–Kier alpha value is -4.74. The maximum absolute atomic E-state index is 12.1. The minimum atomic E-state index is -4.97. The minimum absolute atomic E-state index is 0. The predicted molar refractivity (Wildman–Crippen MR) is 242 cm³/mol. The smallest absolute Gasteiger partial charge is 0.744 e. The second-order valence-electron chi connectivity index (χ2n) is 14.1. The fraction of sp³-hybridized carbons (Fsp3) is 0.0238. The van der Waals surface area contributed by atoms with Gasteiger partial charge in [-0.25, -0.2) is 35.2 Å². The molecule has 0 spiro atoms. The van der Waals surface area contributed by atoms with Gasteiger partial charge in [0.1, 0.15) is 47.8 Å². The Bertz CT molecular complexity index is 3760. The molecule has 2 aromatic heterocycles. The monoisotopic (exact) mass is 1040 g/mol. The molecule has 0 radical (unpaired) electrons. The molecule has 30 heteroatoms. The summed E-state index contributed by atoms with van der Waals surface area (Å²) in [5.41, 5.74) is 1.91. The molecular formula is C42H25Li4N9O12S5. The largest absolute Gasteiger partial charge is 1.00 e. The van der Waals surface area contributed by atoms with Crippen LogP contribution in [0.4, 0.5) is 44.5 Å². The predicted octanol–water partition coefficient (Wildman–Crippen LogP) is -3.03. The third-order valence-corrected chi connectivity index (χ3v) is 13.7. The SMILES string of the molecule is Cc1c(C#N)c(Nc2ccc(S(=O)(=O)[O-])cc2)nc(Nc2ccc(S(=O)(=O)[O-])cc2)c1N=Nc1nc(-c2ccc3ccccc3c2)c(N=Nc2ccc3c(S(=O)(=O)[O-])cc(SOO[O-])cc3c2)s1.[Li+].[Li+].[Li+].[Li+]. The molecule has 0 atom stereocenters. The number of anilines is 4. The van der Waals surface area contributed by atoms with E-state index in [1.54, 1.807) is 6.92 Å². The van der Waals surface area contributed by atoms with E-state index in [-0.39, 0.29) is 147 Å². The molecule has 72 heavy (non-hydrogen) atoms. The number of hydrogen-bond acceptors (Lipinski definition) is 23. The van der Waals surface area contributed by atoms with Crippen molar-refractivity contribution in [3.05, 3.63) is 132 Å². The molecule has 6 aromatic carbocycles. The number of fused-ring (bicyclic) bond motifs is 2. The molecule has 0 aliphatic heterocycles. The Morgan fingerprint density at radius 1 is 0.653 bits per heavy atom. The summed E-state index contributed by atoms with van der Waals surface area (Å²) >= 11 is 1.36. The minimum Gasteiger partial charge on any atom is -0.744 e. The van der Waals surface area contributed by atoms with Crippen molar-refractivity contribution < 1.29 is 129 Å². The van der Waals surface area contributed by atoms with E-state index in [4.69, 9.17) is 4.98 Å². The van der Waals surface area contributed by atoms with Crippen LogP contribution in [0.1, 0.15) is 11.1 Å². The second kappa shape index (κ2) is 25.0. The molecule has 21 nitrogen and oxygen atoms in total. The molecule has 8 aromatic rings. The number of nitrogens with one attached hydrogen (secondary N) is 2. The van der Waals surface area contributed by atoms with Crippen molar-refractivity contribution in [2.45, 2.75) is 26.5 Å². The number of rotatable bonds is 15. The quantitative estimate of drug-likeness (QED) is 0.0258. The van der Waals surface area contributed by atoms with E-state index in [1.807, 2.05) is 42.5 Å². The van der Waals surface area contributed by atoms with Crippen molar-refractivity contribution in [3.8, 4) is 17.3 Å². The van der Waals surface area contributed by atoms with Gasteiger partial charge >= 0.3 is 75.4 Å². The van der Waals surface area contributed by atoms with E-state index in [9.17, 15) is 49.4 Å². The zero-order valence-corrected chi connectivity index (χ0v) is 42.2. The average Bonchev–Trinajstić information content (AvgIpc) is 3.72. The molecule has 0 aliphatic rings. The van der Waals surface area contributed by atoms with Crippen LogP contribution in [0.15, 0.2) is 161 Å². The summed E-state index contributed by atoms with van der Waals surface area (Å²) in [7, 11) is -14.5. The van der Waals surface area contributed by atoms with Crippen molar-refractivity contribution in [1.82, 2.24) is 9.97 Å². The van der Waals surface area contributed by atoms with Crippen LogP contribution in [0.3, 0.4) is 0 Å². The normalized spacial score (nSPS) is 11.6. The zero-order valence-electron chi connectivity index (χ0n) is 38.1. The zero-order chi connectivity index (χ0) is 48.4. The standard InChI is InChI=1S/C42H29N9O12S5.4Li/c1-23-35(22-43)39(44-28-8-13-32(14-9-28)66(53,54)55)47-40(45-29-10-15-33(16-11-29)67(56,57)58)37(23)49-51-42-46-38(26-7-6-24-4-2-3-5-25(24)18-26)41(64-42)50-48-30-12-17-34-27(19-30)20-31(65-63-62-52)21-36(34)68(59,60)61;;;;/h2-21,52H,1H3,(H2,44,45,47)(H,53,54,55)(H,56,57,58)(H,59,60,61);;;;/q;4*+1/p-4. The van der Waals surface area contributed by atoms with Gasteiger partial charge in [-0.05, 0) is 107 Å². The molecular weight excluding hydrogens is 1010 g/mol. The summed E-state index contributed by atoms with van der Waals surface area (Å²) in [4.78, 5) is 7.85. The van der Waals surface area contributed by atoms with Gasteiger partial charge in [-0.3, -0.25) is 5.04 Å². The molecule has 0 bridgehead atoms. The average molecular weight is 1040 g/mol. The second-order valence-corrected chi connectivity index (χ2v) is 19.9. The van der Waals surface area contributed by atoms with Gasteiger partial charge in [0, 0.05) is 27.4 Å². The van der Waals surface area contributed by atoms with Crippen LogP contribution in [0.5, 0.6) is 0 Å². The summed E-state index contributed by atoms with van der Waals surface area (Å²) < 4.78 is 110. The molecule has 2 N–H and O–H groups in total. The summed E-state index contributed by atoms with van der Waals surface area (Å²) in [6.07, 6.45) is 0. The first-order chi connectivity index (χ1) is 32.4. The molecule has 0 fully saturated rings. The number of nitriles is 1. The number of pyridine rings is 1. The third-order valence-electron chi connectivity index (χ3n) is 9.75. The maximum atomic E-state index is 12.1. The van der Waals surface area contributed by atoms with E-state index >= 15 is 0 Å². The van der Waals surface area contributed by atoms with Gasteiger partial charge in [0.25, 0.3) is 0 Å². The van der Waals surface area contributed by atoms with Crippen molar-refractivity contribution >= 4 is 120 Å². The fourth-order valence-corrected chi connectivity index (χ4v) is 9.53. The van der Waals surface area contributed by atoms with Gasteiger partial charge in [-0.1, -0.05) is 53.8 Å². The van der Waals surface area contributed by atoms with Gasteiger partial charge in [-0.2, -0.15) is 9.60 Å². The first kappa shape index (κ1) is 59.8. The number of hydrogen-bond donors (Lipinski definition) is 2. The Balaban J connectivity index is 0.00000281. The molecule has 0 unspecified atom stereocenters. The van der Waals surface area contributed by atoms with Gasteiger partial charge in [-0.15, -0.1) is 20.5 Å². The summed E-state index contributed by atoms with van der Waals surface area (Å²) in [6.45, 7) is 1.55. The Morgan fingerprint density at radius 3 is 1.85 bits per heavy atom. The van der Waals surface area contributed by atoms with Crippen LogP contribution in [-0.2, 0) is 39.7 Å². The molecule has 0 saturated heterocycles. The number of nitrogens with zero attached hydrogens (tertiary/aromatic N) is 7. The van der Waals surface area contributed by atoms with Crippen LogP contribution in [0, 0.1) is 18.3 Å². The number of aromatic nitrogens is 2. The van der Waals surface area contributed by atoms with Crippen LogP contribution >= 0.6 is 23.4 Å². The van der Waals surface area contributed by atoms with Crippen LogP contribution < -0.4 is 91.3 Å². The topological polar surface area (TPSA) is 336 Å². The Morgan fingerprint density at radius 2 is 1.26 bits per heavy atom. The van der Waals surface area contributed by atoms with Gasteiger partial charge < -0.3 is 29.5 Å². The first-order valence-corrected chi connectivity index (χ1v) is 24.8. The summed E-state index contributed by atoms with van der Waals surface area (Å²) in [5.74, 6) is -0.0498.